The number of carbonyl (C=O) groups is 2. The smallest absolute Gasteiger partial charge is 0.339 e. The molecule has 2 aromatic carbocycles. The third-order valence-electron chi connectivity index (χ3n) is 5.06. The van der Waals surface area contributed by atoms with Crippen LogP contribution in [0.3, 0.4) is 0 Å². The van der Waals surface area contributed by atoms with Gasteiger partial charge in [0.05, 0.1) is 7.11 Å². The van der Waals surface area contributed by atoms with E-state index in [0.29, 0.717) is 23.3 Å². The second kappa shape index (κ2) is 9.26. The normalized spacial score (nSPS) is 11.8. The number of rotatable bonds is 8. The molecule has 0 radical (unpaired) electrons. The fourth-order valence-corrected chi connectivity index (χ4v) is 3.37. The number of methoxy groups -OCH3 is 1. The van der Waals surface area contributed by atoms with Crippen LogP contribution in [0.4, 0.5) is 0 Å². The largest absolute Gasteiger partial charge is 0.497 e. The van der Waals surface area contributed by atoms with Crippen molar-refractivity contribution in [3.05, 3.63) is 75.6 Å². The zero-order valence-corrected chi connectivity index (χ0v) is 16.9. The number of hydrogen-bond donors (Lipinski definition) is 2. The molecule has 3 N–H and O–H groups in total. The molecule has 0 aliphatic heterocycles. The molecule has 3 rings (SSSR count). The molecule has 0 saturated heterocycles. The molecule has 0 aliphatic carbocycles. The number of primary amides is 1. The molecular weight excluding hydrogens is 384 g/mol. The molecule has 0 aliphatic rings. The third kappa shape index (κ3) is 4.86. The highest BCUT2D eigenvalue weighted by Crippen LogP contribution is 2.24. The van der Waals surface area contributed by atoms with E-state index < -0.39 is 17.6 Å². The van der Waals surface area contributed by atoms with Crippen molar-refractivity contribution in [1.82, 2.24) is 5.32 Å². The minimum Gasteiger partial charge on any atom is -0.497 e. The molecule has 156 valence electrons. The van der Waals surface area contributed by atoms with E-state index in [-0.39, 0.29) is 18.7 Å². The van der Waals surface area contributed by atoms with Gasteiger partial charge < -0.3 is 20.2 Å². The lowest BCUT2D eigenvalue weighted by Gasteiger charge is -2.16. The average molecular weight is 408 g/mol. The van der Waals surface area contributed by atoms with Crippen LogP contribution in [0.1, 0.15) is 23.1 Å². The first-order valence-electron chi connectivity index (χ1n) is 9.62. The summed E-state index contributed by atoms with van der Waals surface area (Å²) in [5.74, 6) is -0.376. The first kappa shape index (κ1) is 21.1. The summed E-state index contributed by atoms with van der Waals surface area (Å²) in [6.45, 7) is 1.82. The Hall–Kier alpha value is -3.61. The highest BCUT2D eigenvalue weighted by molar-refractivity contribution is 5.87. The zero-order valence-electron chi connectivity index (χ0n) is 16.9. The van der Waals surface area contributed by atoms with Gasteiger partial charge in [-0.1, -0.05) is 30.3 Å². The summed E-state index contributed by atoms with van der Waals surface area (Å²) < 4.78 is 10.6. The zero-order chi connectivity index (χ0) is 21.7. The first-order chi connectivity index (χ1) is 14.4. The van der Waals surface area contributed by atoms with Gasteiger partial charge >= 0.3 is 5.63 Å². The van der Waals surface area contributed by atoms with Crippen LogP contribution in [0.2, 0.25) is 0 Å². The number of nitrogens with one attached hydrogen (secondary N) is 1. The number of hydrogen-bond acceptors (Lipinski definition) is 5. The molecule has 7 heteroatoms. The second-order valence-electron chi connectivity index (χ2n) is 7.07. The SMILES string of the molecule is COc1ccc2c(C)c(CCC(=O)NC(Cc3ccccc3)C(N)=O)c(=O)oc2c1. The lowest BCUT2D eigenvalue weighted by atomic mass is 10.0. The molecule has 1 heterocycles. The fourth-order valence-electron chi connectivity index (χ4n) is 3.37. The number of amides is 2. The minimum absolute atomic E-state index is 0.0336. The lowest BCUT2D eigenvalue weighted by molar-refractivity contribution is -0.127. The Morgan fingerprint density at radius 2 is 1.90 bits per heavy atom. The van der Waals surface area contributed by atoms with Crippen LogP contribution in [-0.2, 0) is 22.4 Å². The summed E-state index contributed by atoms with van der Waals surface area (Å²) in [5, 5.41) is 3.45. The lowest BCUT2D eigenvalue weighted by Crippen LogP contribution is -2.46. The molecule has 1 aromatic heterocycles. The summed E-state index contributed by atoms with van der Waals surface area (Å²) >= 11 is 0. The maximum Gasteiger partial charge on any atom is 0.339 e. The van der Waals surface area contributed by atoms with Crippen LogP contribution in [-0.4, -0.2) is 25.0 Å². The molecular formula is C23H24N2O5. The standard InChI is InChI=1S/C23H24N2O5/c1-14-17-9-8-16(29-2)13-20(17)30-23(28)18(14)10-11-21(26)25-19(22(24)27)12-15-6-4-3-5-7-15/h3-9,13,19H,10-12H2,1-2H3,(H2,24,27)(H,25,26). The predicted octanol–water partition coefficient (Wildman–Crippen LogP) is 2.26. The topological polar surface area (TPSA) is 112 Å². The van der Waals surface area contributed by atoms with E-state index in [2.05, 4.69) is 5.32 Å². The monoisotopic (exact) mass is 408 g/mol. The van der Waals surface area contributed by atoms with Crippen molar-refractivity contribution < 1.29 is 18.7 Å². The average Bonchev–Trinajstić information content (AvgIpc) is 2.73. The summed E-state index contributed by atoms with van der Waals surface area (Å²) in [6, 6.07) is 13.7. The molecule has 0 fully saturated rings. The van der Waals surface area contributed by atoms with Gasteiger partial charge in [0.15, 0.2) is 0 Å². The Bertz CT molecular complexity index is 1120. The van der Waals surface area contributed by atoms with E-state index in [1.807, 2.05) is 43.3 Å². The number of ether oxygens (including phenoxy) is 1. The van der Waals surface area contributed by atoms with Gasteiger partial charge in [0.1, 0.15) is 17.4 Å². The van der Waals surface area contributed by atoms with Gasteiger partial charge in [0.2, 0.25) is 11.8 Å². The van der Waals surface area contributed by atoms with Crippen LogP contribution < -0.4 is 21.4 Å². The highest BCUT2D eigenvalue weighted by Gasteiger charge is 2.20. The van der Waals surface area contributed by atoms with Gasteiger partial charge in [0, 0.05) is 29.9 Å². The van der Waals surface area contributed by atoms with Crippen LogP contribution >= 0.6 is 0 Å². The number of carbonyl (C=O) groups excluding carboxylic acids is 2. The van der Waals surface area contributed by atoms with Gasteiger partial charge in [-0.05, 0) is 36.6 Å². The Balaban J connectivity index is 1.71. The van der Waals surface area contributed by atoms with E-state index in [4.69, 9.17) is 14.9 Å². The summed E-state index contributed by atoms with van der Waals surface area (Å²) in [4.78, 5) is 36.6. The van der Waals surface area contributed by atoms with E-state index in [1.54, 1.807) is 12.1 Å². The molecule has 3 aromatic rings. The highest BCUT2D eigenvalue weighted by atomic mass is 16.5. The van der Waals surface area contributed by atoms with Gasteiger partial charge in [-0.3, -0.25) is 9.59 Å². The van der Waals surface area contributed by atoms with E-state index in [9.17, 15) is 14.4 Å². The van der Waals surface area contributed by atoms with Crippen LogP contribution in [0.25, 0.3) is 11.0 Å². The van der Waals surface area contributed by atoms with Crippen LogP contribution in [0, 0.1) is 6.92 Å². The van der Waals surface area contributed by atoms with Gasteiger partial charge in [0.25, 0.3) is 0 Å². The van der Waals surface area contributed by atoms with Gasteiger partial charge in [-0.25, -0.2) is 4.79 Å². The van der Waals surface area contributed by atoms with Crippen LogP contribution in [0.5, 0.6) is 5.75 Å². The molecule has 0 spiro atoms. The third-order valence-corrected chi connectivity index (χ3v) is 5.06. The van der Waals surface area contributed by atoms with Gasteiger partial charge in [-0.15, -0.1) is 0 Å². The van der Waals surface area contributed by atoms with Crippen molar-refractivity contribution in [3.63, 3.8) is 0 Å². The molecule has 1 unspecified atom stereocenters. The second-order valence-corrected chi connectivity index (χ2v) is 7.07. The molecule has 0 saturated carbocycles. The van der Waals surface area contributed by atoms with Gasteiger partial charge in [-0.2, -0.15) is 0 Å². The molecule has 1 atom stereocenters. The van der Waals surface area contributed by atoms with Crippen molar-refractivity contribution in [2.75, 3.05) is 7.11 Å². The van der Waals surface area contributed by atoms with E-state index in [0.717, 1.165) is 16.5 Å². The number of benzene rings is 2. The predicted molar refractivity (Wildman–Crippen MR) is 113 cm³/mol. The van der Waals surface area contributed by atoms with Crippen LogP contribution in [0.15, 0.2) is 57.7 Å². The van der Waals surface area contributed by atoms with Crippen molar-refractivity contribution in [1.29, 1.82) is 0 Å². The Morgan fingerprint density at radius 3 is 2.57 bits per heavy atom. The first-order valence-corrected chi connectivity index (χ1v) is 9.62. The van der Waals surface area contributed by atoms with Crippen molar-refractivity contribution in [2.45, 2.75) is 32.2 Å². The Kier molecular flexibility index (Phi) is 6.51. The summed E-state index contributed by atoms with van der Waals surface area (Å²) in [7, 11) is 1.54. The minimum atomic E-state index is -0.818. The Labute approximate surface area is 173 Å². The number of nitrogens with two attached hydrogens (primary N) is 1. The van der Waals surface area contributed by atoms with Crippen molar-refractivity contribution in [3.8, 4) is 5.75 Å². The van der Waals surface area contributed by atoms with Crippen molar-refractivity contribution in [2.24, 2.45) is 5.73 Å². The van der Waals surface area contributed by atoms with E-state index >= 15 is 0 Å². The molecule has 0 bridgehead atoms. The fraction of sp³-hybridized carbons (Fsp3) is 0.261. The maximum absolute atomic E-state index is 12.4. The summed E-state index contributed by atoms with van der Waals surface area (Å²) in [6.07, 6.45) is 0.533. The summed E-state index contributed by atoms with van der Waals surface area (Å²) in [5.41, 5.74) is 7.47. The Morgan fingerprint density at radius 1 is 1.17 bits per heavy atom. The maximum atomic E-state index is 12.4. The molecule has 2 amide bonds. The number of aryl methyl sites for hydroxylation is 1. The number of fused-ring (bicyclic) bond motifs is 1. The van der Waals surface area contributed by atoms with E-state index in [1.165, 1.54) is 7.11 Å². The van der Waals surface area contributed by atoms with Crippen molar-refractivity contribution >= 4 is 22.8 Å². The molecule has 30 heavy (non-hydrogen) atoms. The molecule has 7 nitrogen and oxygen atoms in total. The quantitative estimate of drug-likeness (QED) is 0.555.